The van der Waals surface area contributed by atoms with E-state index in [4.69, 9.17) is 5.26 Å². The van der Waals surface area contributed by atoms with Crippen LogP contribution in [-0.2, 0) is 6.54 Å². The summed E-state index contributed by atoms with van der Waals surface area (Å²) >= 11 is 3.14. The number of nitriles is 1. The van der Waals surface area contributed by atoms with Crippen LogP contribution in [0.4, 0.5) is 0 Å². The Bertz CT molecular complexity index is 725. The average Bonchev–Trinajstić information content (AvgIpc) is 2.70. The van der Waals surface area contributed by atoms with E-state index in [2.05, 4.69) is 11.1 Å². The van der Waals surface area contributed by atoms with E-state index in [0.717, 1.165) is 38.0 Å². The van der Waals surface area contributed by atoms with Crippen molar-refractivity contribution in [2.45, 2.75) is 45.3 Å². The molecule has 2 aromatic heterocycles. The highest BCUT2D eigenvalue weighted by molar-refractivity contribution is 7.99. The Morgan fingerprint density at radius 1 is 1.45 bits per heavy atom. The second kappa shape index (κ2) is 6.42. The van der Waals surface area contributed by atoms with Gasteiger partial charge >= 0.3 is 0 Å². The van der Waals surface area contributed by atoms with E-state index in [1.807, 2.05) is 20.8 Å². The highest BCUT2D eigenvalue weighted by Gasteiger charge is 2.15. The van der Waals surface area contributed by atoms with Gasteiger partial charge in [0, 0.05) is 23.6 Å². The second-order valence-electron chi connectivity index (χ2n) is 4.52. The number of rotatable bonds is 5. The van der Waals surface area contributed by atoms with E-state index in [0.29, 0.717) is 13.0 Å². The van der Waals surface area contributed by atoms with Gasteiger partial charge in [0.1, 0.15) is 4.83 Å². The Kier molecular flexibility index (Phi) is 4.84. The van der Waals surface area contributed by atoms with Crippen molar-refractivity contribution in [3.05, 3.63) is 20.8 Å². The van der Waals surface area contributed by atoms with Gasteiger partial charge in [0.25, 0.3) is 5.56 Å². The zero-order valence-corrected chi connectivity index (χ0v) is 13.5. The second-order valence-corrected chi connectivity index (χ2v) is 6.78. The molecule has 2 heterocycles. The Labute approximate surface area is 126 Å². The SMILES string of the molecule is CCn1c(SCCCC#N)nc2sc(C)c(C)c2c1=O. The number of thioether (sulfide) groups is 1. The zero-order chi connectivity index (χ0) is 14.7. The van der Waals surface area contributed by atoms with Crippen molar-refractivity contribution < 1.29 is 0 Å². The maximum Gasteiger partial charge on any atom is 0.263 e. The van der Waals surface area contributed by atoms with Gasteiger partial charge in [-0.15, -0.1) is 11.3 Å². The number of hydrogen-bond acceptors (Lipinski definition) is 5. The smallest absolute Gasteiger partial charge is 0.263 e. The Hall–Kier alpha value is -1.32. The molecule has 0 atom stereocenters. The lowest BCUT2D eigenvalue weighted by atomic mass is 10.2. The van der Waals surface area contributed by atoms with Crippen LogP contribution in [0.1, 0.15) is 30.2 Å². The molecular weight excluding hydrogens is 290 g/mol. The van der Waals surface area contributed by atoms with Crippen LogP contribution in [0.25, 0.3) is 10.2 Å². The van der Waals surface area contributed by atoms with E-state index in [-0.39, 0.29) is 5.56 Å². The molecule has 0 radical (unpaired) electrons. The first kappa shape index (κ1) is 15.1. The Morgan fingerprint density at radius 3 is 2.85 bits per heavy atom. The summed E-state index contributed by atoms with van der Waals surface area (Å²) in [5.74, 6) is 0.814. The fraction of sp³-hybridized carbons (Fsp3) is 0.500. The standard InChI is InChI=1S/C14H17N3OS2/c1-4-17-13(18)11-9(2)10(3)20-12(11)16-14(17)19-8-6-5-7-15/h4-6,8H2,1-3H3. The van der Waals surface area contributed by atoms with Gasteiger partial charge < -0.3 is 0 Å². The molecule has 0 N–H and O–H groups in total. The normalized spacial score (nSPS) is 10.9. The summed E-state index contributed by atoms with van der Waals surface area (Å²) in [4.78, 5) is 19.2. The van der Waals surface area contributed by atoms with E-state index >= 15 is 0 Å². The number of thiophene rings is 1. The molecular formula is C14H17N3OS2. The molecule has 106 valence electrons. The molecule has 0 saturated heterocycles. The molecule has 20 heavy (non-hydrogen) atoms. The number of fused-ring (bicyclic) bond motifs is 1. The van der Waals surface area contributed by atoms with Crippen LogP contribution in [0.15, 0.2) is 9.95 Å². The van der Waals surface area contributed by atoms with Crippen LogP contribution in [-0.4, -0.2) is 15.3 Å². The summed E-state index contributed by atoms with van der Waals surface area (Å²) < 4.78 is 1.73. The lowest BCUT2D eigenvalue weighted by molar-refractivity contribution is 0.635. The summed E-state index contributed by atoms with van der Waals surface area (Å²) in [5.41, 5.74) is 1.10. The molecule has 6 heteroatoms. The summed E-state index contributed by atoms with van der Waals surface area (Å²) in [5, 5.41) is 10.1. The molecule has 0 aliphatic heterocycles. The van der Waals surface area contributed by atoms with Crippen molar-refractivity contribution in [3.63, 3.8) is 0 Å². The van der Waals surface area contributed by atoms with Crippen LogP contribution in [0, 0.1) is 25.2 Å². The van der Waals surface area contributed by atoms with Crippen LogP contribution >= 0.6 is 23.1 Å². The minimum Gasteiger partial charge on any atom is -0.287 e. The lowest BCUT2D eigenvalue weighted by Gasteiger charge is -2.09. The molecule has 0 spiro atoms. The quantitative estimate of drug-likeness (QED) is 0.482. The number of nitrogens with zero attached hydrogens (tertiary/aromatic N) is 3. The molecule has 0 saturated carbocycles. The molecule has 0 aliphatic carbocycles. The molecule has 0 fully saturated rings. The topological polar surface area (TPSA) is 58.7 Å². The Morgan fingerprint density at radius 2 is 2.20 bits per heavy atom. The van der Waals surface area contributed by atoms with E-state index < -0.39 is 0 Å². The third-order valence-corrected chi connectivity index (χ3v) is 5.40. The van der Waals surface area contributed by atoms with Crippen LogP contribution in [0.3, 0.4) is 0 Å². The molecule has 0 aliphatic rings. The Balaban J connectivity index is 2.45. The molecule has 2 rings (SSSR count). The fourth-order valence-corrected chi connectivity index (χ4v) is 4.08. The minimum absolute atomic E-state index is 0.0575. The maximum absolute atomic E-state index is 12.6. The van der Waals surface area contributed by atoms with E-state index in [1.165, 1.54) is 0 Å². The highest BCUT2D eigenvalue weighted by Crippen LogP contribution is 2.28. The fourth-order valence-electron chi connectivity index (χ4n) is 2.01. The summed E-state index contributed by atoms with van der Waals surface area (Å²) in [7, 11) is 0. The lowest BCUT2D eigenvalue weighted by Crippen LogP contribution is -2.22. The van der Waals surface area contributed by atoms with Gasteiger partial charge in [0.2, 0.25) is 0 Å². The molecule has 0 unspecified atom stereocenters. The maximum atomic E-state index is 12.6. The van der Waals surface area contributed by atoms with Gasteiger partial charge in [-0.2, -0.15) is 5.26 Å². The summed E-state index contributed by atoms with van der Waals surface area (Å²) in [6.07, 6.45) is 1.37. The van der Waals surface area contributed by atoms with Crippen LogP contribution in [0.5, 0.6) is 0 Å². The average molecular weight is 307 g/mol. The zero-order valence-electron chi connectivity index (χ0n) is 11.9. The van der Waals surface area contributed by atoms with Gasteiger partial charge in [-0.25, -0.2) is 4.98 Å². The minimum atomic E-state index is 0.0575. The predicted molar refractivity (Wildman–Crippen MR) is 84.6 cm³/mol. The third kappa shape index (κ3) is 2.74. The van der Waals surface area contributed by atoms with E-state index in [1.54, 1.807) is 27.7 Å². The number of unbranched alkanes of at least 4 members (excludes halogenated alkanes) is 1. The highest BCUT2D eigenvalue weighted by atomic mass is 32.2. The first-order chi connectivity index (χ1) is 9.60. The van der Waals surface area contributed by atoms with Crippen molar-refractivity contribution in [3.8, 4) is 6.07 Å². The number of aromatic nitrogens is 2. The third-order valence-electron chi connectivity index (χ3n) is 3.23. The molecule has 0 aromatic carbocycles. The van der Waals surface area contributed by atoms with Crippen molar-refractivity contribution >= 4 is 33.3 Å². The first-order valence-corrected chi connectivity index (χ1v) is 8.40. The van der Waals surface area contributed by atoms with Crippen molar-refractivity contribution in [2.24, 2.45) is 0 Å². The first-order valence-electron chi connectivity index (χ1n) is 6.60. The van der Waals surface area contributed by atoms with Crippen LogP contribution in [0.2, 0.25) is 0 Å². The summed E-state index contributed by atoms with van der Waals surface area (Å²) in [6, 6.07) is 2.13. The van der Waals surface area contributed by atoms with Crippen LogP contribution < -0.4 is 5.56 Å². The summed E-state index contributed by atoms with van der Waals surface area (Å²) in [6.45, 7) is 6.59. The van der Waals surface area contributed by atoms with Gasteiger partial charge in [-0.05, 0) is 32.8 Å². The van der Waals surface area contributed by atoms with E-state index in [9.17, 15) is 4.79 Å². The van der Waals surface area contributed by atoms with Gasteiger partial charge in [0.15, 0.2) is 5.16 Å². The van der Waals surface area contributed by atoms with Crippen molar-refractivity contribution in [1.82, 2.24) is 9.55 Å². The van der Waals surface area contributed by atoms with Gasteiger partial charge in [-0.1, -0.05) is 11.8 Å². The van der Waals surface area contributed by atoms with Crippen molar-refractivity contribution in [1.29, 1.82) is 5.26 Å². The molecule has 0 amide bonds. The monoisotopic (exact) mass is 307 g/mol. The molecule has 2 aromatic rings. The van der Waals surface area contributed by atoms with Gasteiger partial charge in [0.05, 0.1) is 11.5 Å². The number of aryl methyl sites for hydroxylation is 2. The van der Waals surface area contributed by atoms with Crippen molar-refractivity contribution in [2.75, 3.05) is 5.75 Å². The van der Waals surface area contributed by atoms with Gasteiger partial charge in [-0.3, -0.25) is 9.36 Å². The molecule has 4 nitrogen and oxygen atoms in total. The largest absolute Gasteiger partial charge is 0.287 e. The molecule has 0 bridgehead atoms. The predicted octanol–water partition coefficient (Wildman–Crippen LogP) is 3.49. The number of hydrogen-bond donors (Lipinski definition) is 0.